The summed E-state index contributed by atoms with van der Waals surface area (Å²) in [7, 11) is 0. The fourth-order valence-corrected chi connectivity index (χ4v) is 8.55. The van der Waals surface area contributed by atoms with Gasteiger partial charge in [-0.3, -0.25) is 4.57 Å². The molecule has 7 aromatic carbocycles. The molecule has 4 nitrogen and oxygen atoms in total. The molecule has 252 valence electrons. The number of hydrogen-bond donors (Lipinski definition) is 0. The van der Waals surface area contributed by atoms with E-state index in [1.807, 2.05) is 36.4 Å². The van der Waals surface area contributed by atoms with Crippen molar-refractivity contribution in [3.63, 3.8) is 0 Å². The second-order valence-corrected chi connectivity index (χ2v) is 15.1. The highest BCUT2D eigenvalue weighted by Gasteiger charge is 2.51. The molecule has 1 aliphatic carbocycles. The van der Waals surface area contributed by atoms with Crippen LogP contribution in [0.5, 0.6) is 11.5 Å². The van der Waals surface area contributed by atoms with Crippen LogP contribution in [-0.2, 0) is 10.8 Å². The molecule has 2 heterocycles. The summed E-state index contributed by atoms with van der Waals surface area (Å²) < 4.78 is 8.95. The summed E-state index contributed by atoms with van der Waals surface area (Å²) in [4.78, 5) is 5.31. The Kier molecular flexibility index (Phi) is 6.68. The predicted molar refractivity (Wildman–Crippen MR) is 213 cm³/mol. The van der Waals surface area contributed by atoms with Crippen LogP contribution in [-0.4, -0.2) is 9.55 Å². The highest BCUT2D eigenvalue weighted by molar-refractivity contribution is 5.92. The van der Waals surface area contributed by atoms with E-state index in [1.54, 1.807) is 0 Å². The number of nitrogens with zero attached hydrogens (tertiary/aromatic N) is 3. The summed E-state index contributed by atoms with van der Waals surface area (Å²) in [6.07, 6.45) is 0. The minimum Gasteiger partial charge on any atom is -0.457 e. The molecular weight excluding hydrogens is 647 g/mol. The molecule has 0 unspecified atom stereocenters. The molecule has 4 heteroatoms. The Hall–Kier alpha value is -6.70. The molecule has 0 saturated heterocycles. The molecule has 0 N–H and O–H groups in total. The van der Waals surface area contributed by atoms with Crippen LogP contribution in [0.15, 0.2) is 158 Å². The second-order valence-electron chi connectivity index (χ2n) is 15.1. The van der Waals surface area contributed by atoms with E-state index in [0.717, 1.165) is 61.9 Å². The van der Waals surface area contributed by atoms with Gasteiger partial charge >= 0.3 is 0 Å². The summed E-state index contributed by atoms with van der Waals surface area (Å²) in [6.45, 7) is 6.75. The van der Waals surface area contributed by atoms with Crippen LogP contribution in [0.3, 0.4) is 0 Å². The minimum absolute atomic E-state index is 0.0535. The summed E-state index contributed by atoms with van der Waals surface area (Å²) in [5, 5.41) is 9.48. The Labute approximate surface area is 309 Å². The maximum absolute atomic E-state index is 9.48. The first-order valence-electron chi connectivity index (χ1n) is 18.1. The Morgan fingerprint density at radius 2 is 1.15 bits per heavy atom. The Morgan fingerprint density at radius 3 is 1.79 bits per heavy atom. The van der Waals surface area contributed by atoms with Crippen molar-refractivity contribution < 1.29 is 4.74 Å². The van der Waals surface area contributed by atoms with Crippen molar-refractivity contribution in [2.75, 3.05) is 0 Å². The van der Waals surface area contributed by atoms with Crippen molar-refractivity contribution in [3.8, 4) is 56.9 Å². The summed E-state index contributed by atoms with van der Waals surface area (Å²) in [5.74, 6) is 2.60. The lowest BCUT2D eigenvalue weighted by Gasteiger charge is -2.39. The molecule has 10 rings (SSSR count). The molecule has 8 aromatic rings. The standard InChI is InChI=1S/C49H35N3O/c1-48(2,3)35-22-24-36(25-23-35)52-44-13-7-6-12-43(44)51-47(52)34-21-27-38-37-26-20-33(32-18-16-31(30-50)17-19-32)28-41(37)49(42(38)29-34)39-10-4-8-14-45(39)53-46-15-9-5-11-40(46)49/h4-29H,1-3H3. The first kappa shape index (κ1) is 31.1. The number of para-hydroxylation sites is 4. The third kappa shape index (κ3) is 4.57. The van der Waals surface area contributed by atoms with E-state index in [2.05, 4.69) is 153 Å². The summed E-state index contributed by atoms with van der Waals surface area (Å²) >= 11 is 0. The monoisotopic (exact) mass is 681 g/mol. The van der Waals surface area contributed by atoms with Gasteiger partial charge in [0.05, 0.1) is 28.1 Å². The van der Waals surface area contributed by atoms with Gasteiger partial charge in [-0.25, -0.2) is 4.98 Å². The Bertz CT molecular complexity index is 2750. The number of benzene rings is 7. The second kappa shape index (κ2) is 11.4. The van der Waals surface area contributed by atoms with Crippen LogP contribution >= 0.6 is 0 Å². The van der Waals surface area contributed by atoms with E-state index in [1.165, 1.54) is 27.8 Å². The number of imidazole rings is 1. The van der Waals surface area contributed by atoms with E-state index < -0.39 is 5.41 Å². The Morgan fingerprint density at radius 1 is 0.585 bits per heavy atom. The van der Waals surface area contributed by atoms with Gasteiger partial charge in [-0.05, 0) is 105 Å². The predicted octanol–water partition coefficient (Wildman–Crippen LogP) is 12.0. The molecule has 1 aromatic heterocycles. The zero-order chi connectivity index (χ0) is 35.9. The molecule has 53 heavy (non-hydrogen) atoms. The first-order valence-corrected chi connectivity index (χ1v) is 18.1. The van der Waals surface area contributed by atoms with Crippen LogP contribution in [0.4, 0.5) is 0 Å². The smallest absolute Gasteiger partial charge is 0.145 e. The molecule has 0 radical (unpaired) electrons. The maximum Gasteiger partial charge on any atom is 0.145 e. The number of fused-ring (bicyclic) bond motifs is 10. The molecule has 2 aliphatic rings. The molecule has 0 fully saturated rings. The van der Waals surface area contributed by atoms with Gasteiger partial charge in [-0.15, -0.1) is 0 Å². The average molecular weight is 682 g/mol. The van der Waals surface area contributed by atoms with E-state index in [4.69, 9.17) is 9.72 Å². The van der Waals surface area contributed by atoms with Gasteiger partial charge in [0.25, 0.3) is 0 Å². The van der Waals surface area contributed by atoms with Crippen molar-refractivity contribution in [3.05, 3.63) is 191 Å². The van der Waals surface area contributed by atoms with E-state index in [9.17, 15) is 5.26 Å². The number of hydrogen-bond acceptors (Lipinski definition) is 3. The largest absolute Gasteiger partial charge is 0.457 e. The van der Waals surface area contributed by atoms with Crippen molar-refractivity contribution in [1.82, 2.24) is 9.55 Å². The van der Waals surface area contributed by atoms with Gasteiger partial charge in [0.2, 0.25) is 0 Å². The highest BCUT2D eigenvalue weighted by Crippen LogP contribution is 2.62. The van der Waals surface area contributed by atoms with Crippen molar-refractivity contribution >= 4 is 11.0 Å². The lowest BCUT2D eigenvalue weighted by molar-refractivity contribution is 0.436. The first-order chi connectivity index (χ1) is 25.8. The topological polar surface area (TPSA) is 50.8 Å². The molecule has 1 aliphatic heterocycles. The normalized spacial score (nSPS) is 13.5. The van der Waals surface area contributed by atoms with Crippen molar-refractivity contribution in [2.45, 2.75) is 31.6 Å². The van der Waals surface area contributed by atoms with Crippen LogP contribution in [0.25, 0.3) is 50.4 Å². The van der Waals surface area contributed by atoms with Crippen molar-refractivity contribution in [2.24, 2.45) is 0 Å². The zero-order valence-corrected chi connectivity index (χ0v) is 29.8. The van der Waals surface area contributed by atoms with Crippen LogP contribution in [0.1, 0.15) is 54.2 Å². The fourth-order valence-electron chi connectivity index (χ4n) is 8.55. The molecule has 1 spiro atoms. The van der Waals surface area contributed by atoms with E-state index in [-0.39, 0.29) is 5.41 Å². The summed E-state index contributed by atoms with van der Waals surface area (Å²) in [5.41, 5.74) is 14.7. The van der Waals surface area contributed by atoms with Crippen molar-refractivity contribution in [1.29, 1.82) is 5.26 Å². The van der Waals surface area contributed by atoms with Gasteiger partial charge in [-0.1, -0.05) is 118 Å². The molecular formula is C49H35N3O. The van der Waals surface area contributed by atoms with Crippen LogP contribution < -0.4 is 4.74 Å². The Balaban J connectivity index is 1.25. The molecule has 0 atom stereocenters. The summed E-state index contributed by atoms with van der Waals surface area (Å²) in [6, 6.07) is 58.1. The van der Waals surface area contributed by atoms with Gasteiger partial charge in [0, 0.05) is 22.4 Å². The molecule has 0 saturated carbocycles. The van der Waals surface area contributed by atoms with Gasteiger partial charge < -0.3 is 4.74 Å². The third-order valence-electron chi connectivity index (χ3n) is 11.1. The SMILES string of the molecule is CC(C)(C)c1ccc(-n2c(-c3ccc4c(c3)C3(c5ccccc5Oc5ccccc53)c3cc(-c5ccc(C#N)cc5)ccc3-4)nc3ccccc32)cc1. The quantitative estimate of drug-likeness (QED) is 0.186. The number of rotatable bonds is 3. The zero-order valence-electron chi connectivity index (χ0n) is 29.8. The highest BCUT2D eigenvalue weighted by atomic mass is 16.5. The van der Waals surface area contributed by atoms with Gasteiger partial charge in [0.15, 0.2) is 0 Å². The van der Waals surface area contributed by atoms with Crippen LogP contribution in [0.2, 0.25) is 0 Å². The lowest BCUT2D eigenvalue weighted by Crippen LogP contribution is -2.32. The van der Waals surface area contributed by atoms with Crippen LogP contribution in [0, 0.1) is 11.3 Å². The third-order valence-corrected chi connectivity index (χ3v) is 11.1. The number of ether oxygens (including phenoxy) is 1. The van der Waals surface area contributed by atoms with E-state index >= 15 is 0 Å². The number of nitriles is 1. The molecule has 0 bridgehead atoms. The van der Waals surface area contributed by atoms with E-state index in [0.29, 0.717) is 5.56 Å². The van der Waals surface area contributed by atoms with Gasteiger partial charge in [0.1, 0.15) is 17.3 Å². The fraction of sp³-hybridized carbons (Fsp3) is 0.102. The lowest BCUT2D eigenvalue weighted by atomic mass is 9.65. The maximum atomic E-state index is 9.48. The number of aromatic nitrogens is 2. The average Bonchev–Trinajstić information content (AvgIpc) is 3.72. The van der Waals surface area contributed by atoms with Gasteiger partial charge in [-0.2, -0.15) is 5.26 Å². The minimum atomic E-state index is -0.653. The molecule has 0 amide bonds.